The Kier molecular flexibility index (Phi) is 7.40. The Morgan fingerprint density at radius 2 is 1.73 bits per heavy atom. The Morgan fingerprint density at radius 1 is 0.950 bits per heavy atom. The first-order valence-corrected chi connectivity index (χ1v) is 16.4. The summed E-state index contributed by atoms with van der Waals surface area (Å²) in [6.07, 6.45) is 3.54. The summed E-state index contributed by atoms with van der Waals surface area (Å²) in [6.45, 7) is 3.97. The molecule has 8 heteroatoms. The van der Waals surface area contributed by atoms with Crippen LogP contribution in [0.4, 0.5) is 0 Å². The molecule has 1 saturated heterocycles. The van der Waals surface area contributed by atoms with E-state index < -0.39 is 9.84 Å². The molecular formula is C32H30ClN3O2S2. The topological polar surface area (TPSA) is 55.2 Å². The fourth-order valence-electron chi connectivity index (χ4n) is 5.54. The highest BCUT2D eigenvalue weighted by Crippen LogP contribution is 2.39. The first-order chi connectivity index (χ1) is 19.3. The summed E-state index contributed by atoms with van der Waals surface area (Å²) in [5, 5.41) is 5.71. The van der Waals surface area contributed by atoms with Gasteiger partial charge in [-0.15, -0.1) is 11.3 Å². The van der Waals surface area contributed by atoms with Gasteiger partial charge in [0.2, 0.25) is 0 Å². The quantitative estimate of drug-likeness (QED) is 0.194. The molecule has 1 unspecified atom stereocenters. The Bertz CT molecular complexity index is 1790. The maximum absolute atomic E-state index is 12.1. The van der Waals surface area contributed by atoms with Gasteiger partial charge in [0.25, 0.3) is 0 Å². The summed E-state index contributed by atoms with van der Waals surface area (Å²) in [6, 6.07) is 30.2. The minimum absolute atomic E-state index is 0.317. The van der Waals surface area contributed by atoms with Crippen molar-refractivity contribution in [2.75, 3.05) is 12.8 Å². The third-order valence-corrected chi connectivity index (χ3v) is 10.1. The summed E-state index contributed by atoms with van der Waals surface area (Å²) < 4.78 is 26.2. The van der Waals surface area contributed by atoms with Crippen LogP contribution in [0.3, 0.4) is 0 Å². The van der Waals surface area contributed by atoms with Gasteiger partial charge in [0.05, 0.1) is 31.9 Å². The van der Waals surface area contributed by atoms with Gasteiger partial charge in [-0.05, 0) is 85.5 Å². The summed E-state index contributed by atoms with van der Waals surface area (Å²) in [4.78, 5) is 4.88. The van der Waals surface area contributed by atoms with Crippen LogP contribution in [0, 0.1) is 6.92 Å². The molecule has 0 saturated carbocycles. The maximum Gasteiger partial charge on any atom is 0.175 e. The van der Waals surface area contributed by atoms with E-state index in [0.717, 1.165) is 58.3 Å². The van der Waals surface area contributed by atoms with Crippen molar-refractivity contribution < 1.29 is 8.42 Å². The van der Waals surface area contributed by atoms with Gasteiger partial charge in [0.15, 0.2) is 9.84 Å². The van der Waals surface area contributed by atoms with Crippen LogP contribution in [-0.2, 0) is 16.4 Å². The highest BCUT2D eigenvalue weighted by atomic mass is 35.5. The molecule has 3 aromatic carbocycles. The summed E-state index contributed by atoms with van der Waals surface area (Å²) in [5.41, 5.74) is 6.38. The summed E-state index contributed by atoms with van der Waals surface area (Å²) in [7, 11) is -3.29. The second kappa shape index (κ2) is 11.0. The Balaban J connectivity index is 1.38. The normalized spacial score (nSPS) is 16.0. The largest absolute Gasteiger partial charge is 0.290 e. The molecule has 0 spiro atoms. The molecule has 6 rings (SSSR count). The molecule has 2 aromatic heterocycles. The lowest BCUT2D eigenvalue weighted by molar-refractivity contribution is 0.244. The molecule has 5 aromatic rings. The number of sulfone groups is 1. The van der Waals surface area contributed by atoms with E-state index in [4.69, 9.17) is 16.7 Å². The van der Waals surface area contributed by atoms with Crippen molar-refractivity contribution in [2.45, 2.75) is 37.2 Å². The minimum Gasteiger partial charge on any atom is -0.290 e. The van der Waals surface area contributed by atoms with E-state index in [1.807, 2.05) is 41.1 Å². The number of thiophene rings is 1. The molecular weight excluding hydrogens is 558 g/mol. The number of para-hydroxylation sites is 1. The summed E-state index contributed by atoms with van der Waals surface area (Å²) in [5.74, 6) is 0. The molecule has 5 nitrogen and oxygen atoms in total. The van der Waals surface area contributed by atoms with Crippen LogP contribution >= 0.6 is 22.9 Å². The number of aromatic nitrogens is 2. The van der Waals surface area contributed by atoms with Crippen LogP contribution in [-0.4, -0.2) is 35.9 Å². The van der Waals surface area contributed by atoms with Crippen LogP contribution in [0.2, 0.25) is 5.02 Å². The first kappa shape index (κ1) is 27.0. The predicted octanol–water partition coefficient (Wildman–Crippen LogP) is 7.97. The second-order valence-electron chi connectivity index (χ2n) is 10.3. The van der Waals surface area contributed by atoms with E-state index >= 15 is 0 Å². The Hall–Kier alpha value is -3.23. The van der Waals surface area contributed by atoms with Crippen molar-refractivity contribution in [1.82, 2.24) is 14.7 Å². The van der Waals surface area contributed by atoms with Gasteiger partial charge < -0.3 is 0 Å². The zero-order valence-electron chi connectivity index (χ0n) is 22.4. The monoisotopic (exact) mass is 587 g/mol. The highest BCUT2D eigenvalue weighted by Gasteiger charge is 2.28. The first-order valence-electron chi connectivity index (χ1n) is 13.3. The molecule has 0 aliphatic carbocycles. The molecule has 3 heterocycles. The highest BCUT2D eigenvalue weighted by molar-refractivity contribution is 7.90. The molecule has 1 atom stereocenters. The van der Waals surface area contributed by atoms with Gasteiger partial charge in [-0.25, -0.2) is 13.1 Å². The van der Waals surface area contributed by atoms with Gasteiger partial charge in [-0.2, -0.15) is 5.10 Å². The van der Waals surface area contributed by atoms with Crippen LogP contribution < -0.4 is 0 Å². The van der Waals surface area contributed by atoms with Crippen LogP contribution in [0.25, 0.3) is 26.7 Å². The van der Waals surface area contributed by atoms with Gasteiger partial charge in [-0.1, -0.05) is 60.1 Å². The van der Waals surface area contributed by atoms with Crippen molar-refractivity contribution in [3.05, 3.63) is 113 Å². The third-order valence-electron chi connectivity index (χ3n) is 7.52. The SMILES string of the molecule is Cc1ccccc1C1CCCN1Cc1cc(-c2ccc(-c3cccc(S(C)(=O)=O)c3)s2)n(-c2ccccc2Cl)n1. The number of hydrogen-bond donors (Lipinski definition) is 0. The number of aryl methyl sites for hydroxylation is 1. The maximum atomic E-state index is 12.1. The molecule has 40 heavy (non-hydrogen) atoms. The van der Waals surface area contributed by atoms with Crippen molar-refractivity contribution in [1.29, 1.82) is 0 Å². The average Bonchev–Trinajstić information content (AvgIpc) is 3.69. The zero-order chi connectivity index (χ0) is 27.9. The Morgan fingerprint density at radius 3 is 2.52 bits per heavy atom. The molecule has 1 aliphatic rings. The number of halogens is 1. The minimum atomic E-state index is -3.29. The van der Waals surface area contributed by atoms with Crippen LogP contribution in [0.15, 0.2) is 95.9 Å². The van der Waals surface area contributed by atoms with Crippen LogP contribution in [0.5, 0.6) is 0 Å². The number of hydrogen-bond acceptors (Lipinski definition) is 5. The zero-order valence-corrected chi connectivity index (χ0v) is 24.8. The number of benzene rings is 3. The van der Waals surface area contributed by atoms with E-state index in [2.05, 4.69) is 48.2 Å². The molecule has 1 aliphatic heterocycles. The van der Waals surface area contributed by atoms with E-state index in [-0.39, 0.29) is 0 Å². The average molecular weight is 588 g/mol. The molecule has 0 amide bonds. The molecule has 1 fully saturated rings. The van der Waals surface area contributed by atoms with E-state index in [9.17, 15) is 8.42 Å². The van der Waals surface area contributed by atoms with Crippen molar-refractivity contribution in [2.24, 2.45) is 0 Å². The molecule has 0 bridgehead atoms. The van der Waals surface area contributed by atoms with Gasteiger partial charge in [0, 0.05) is 23.7 Å². The van der Waals surface area contributed by atoms with Gasteiger partial charge in [0.1, 0.15) is 0 Å². The fraction of sp³-hybridized carbons (Fsp3) is 0.219. The second-order valence-corrected chi connectivity index (χ2v) is 13.8. The molecule has 0 N–H and O–H groups in total. The van der Waals surface area contributed by atoms with Gasteiger partial charge in [-0.3, -0.25) is 4.90 Å². The number of rotatable bonds is 7. The lowest BCUT2D eigenvalue weighted by Gasteiger charge is -2.25. The van der Waals surface area contributed by atoms with Gasteiger partial charge >= 0.3 is 0 Å². The third kappa shape index (κ3) is 5.39. The standard InChI is InChI=1S/C32H30ClN3O2S2/c1-22-9-3-4-12-26(22)28-15-8-18-35(28)21-24-20-30(36(34-24)29-14-6-5-13-27(29)33)32-17-16-31(39-32)23-10-7-11-25(19-23)40(2,37)38/h3-7,9-14,16-17,19-20,28H,8,15,18,21H2,1-2H3. The molecule has 0 radical (unpaired) electrons. The predicted molar refractivity (Wildman–Crippen MR) is 164 cm³/mol. The summed E-state index contributed by atoms with van der Waals surface area (Å²) >= 11 is 8.27. The number of likely N-dealkylation sites (tertiary alicyclic amines) is 1. The van der Waals surface area contributed by atoms with Crippen molar-refractivity contribution in [3.63, 3.8) is 0 Å². The smallest absolute Gasteiger partial charge is 0.175 e. The van der Waals surface area contributed by atoms with E-state index in [1.54, 1.807) is 29.5 Å². The van der Waals surface area contributed by atoms with Crippen molar-refractivity contribution in [3.8, 4) is 26.7 Å². The van der Waals surface area contributed by atoms with Crippen molar-refractivity contribution >= 4 is 32.8 Å². The van der Waals surface area contributed by atoms with E-state index in [0.29, 0.717) is 16.0 Å². The lowest BCUT2D eigenvalue weighted by Crippen LogP contribution is -2.23. The van der Waals surface area contributed by atoms with E-state index in [1.165, 1.54) is 17.4 Å². The Labute approximate surface area is 244 Å². The fourth-order valence-corrected chi connectivity index (χ4v) is 7.42. The lowest BCUT2D eigenvalue weighted by atomic mass is 9.99. The number of nitrogens with zero attached hydrogens (tertiary/aromatic N) is 3. The van der Waals surface area contributed by atoms with Crippen LogP contribution in [0.1, 0.15) is 35.7 Å². The molecule has 204 valence electrons.